The SMILES string of the molecule is c1ccc(-c2ccccc2-c2c3oc4cccc(N(c5ccccc5)c5ccccc5)c4c3cc3oc4ccccc4c23)cc1. The summed E-state index contributed by atoms with van der Waals surface area (Å²) in [5, 5.41) is 4.19. The first-order valence-corrected chi connectivity index (χ1v) is 15.2. The molecule has 0 bridgehead atoms. The standard InChI is InChI=1S/C42H27NO2/c1-4-15-28(16-5-1)31-21-10-11-22-32(31)41-40-33-23-12-13-25-36(33)44-38(40)27-34-39-35(24-14-26-37(39)45-42(34)41)43(29-17-6-2-7-18-29)30-19-8-3-9-20-30/h1-27H. The van der Waals surface area contributed by atoms with Crippen molar-refractivity contribution in [3.05, 3.63) is 164 Å². The molecule has 212 valence electrons. The average Bonchev–Trinajstić information content (AvgIpc) is 3.67. The minimum atomic E-state index is 0.828. The zero-order valence-electron chi connectivity index (χ0n) is 24.4. The van der Waals surface area contributed by atoms with Crippen LogP contribution in [0.2, 0.25) is 0 Å². The summed E-state index contributed by atoms with van der Waals surface area (Å²) < 4.78 is 13.6. The first kappa shape index (κ1) is 25.4. The molecule has 0 amide bonds. The van der Waals surface area contributed by atoms with Crippen molar-refractivity contribution in [1.29, 1.82) is 0 Å². The van der Waals surface area contributed by atoms with Gasteiger partial charge in [0.15, 0.2) is 0 Å². The first-order valence-electron chi connectivity index (χ1n) is 15.2. The molecule has 45 heavy (non-hydrogen) atoms. The van der Waals surface area contributed by atoms with E-state index in [-0.39, 0.29) is 0 Å². The number of furan rings is 2. The number of nitrogens with zero attached hydrogens (tertiary/aromatic N) is 1. The van der Waals surface area contributed by atoms with Crippen LogP contribution in [0.1, 0.15) is 0 Å². The summed E-state index contributed by atoms with van der Waals surface area (Å²) >= 11 is 0. The lowest BCUT2D eigenvalue weighted by Gasteiger charge is -2.26. The van der Waals surface area contributed by atoms with Crippen LogP contribution in [0, 0.1) is 0 Å². The molecule has 0 aliphatic rings. The summed E-state index contributed by atoms with van der Waals surface area (Å²) in [6.07, 6.45) is 0. The molecule has 0 saturated carbocycles. The lowest BCUT2D eigenvalue weighted by molar-refractivity contribution is 0.664. The van der Waals surface area contributed by atoms with Crippen molar-refractivity contribution in [2.24, 2.45) is 0 Å². The fourth-order valence-electron chi connectivity index (χ4n) is 6.74. The van der Waals surface area contributed by atoms with Gasteiger partial charge in [0, 0.05) is 33.1 Å². The van der Waals surface area contributed by atoms with Gasteiger partial charge in [-0.05, 0) is 65.2 Å². The predicted molar refractivity (Wildman–Crippen MR) is 187 cm³/mol. The third-order valence-electron chi connectivity index (χ3n) is 8.66. The van der Waals surface area contributed by atoms with Gasteiger partial charge in [-0.15, -0.1) is 0 Å². The summed E-state index contributed by atoms with van der Waals surface area (Å²) in [6.45, 7) is 0. The van der Waals surface area contributed by atoms with Crippen LogP contribution in [0.15, 0.2) is 173 Å². The molecule has 9 rings (SSSR count). The van der Waals surface area contributed by atoms with Crippen molar-refractivity contribution in [2.75, 3.05) is 4.90 Å². The van der Waals surface area contributed by atoms with E-state index in [1.807, 2.05) is 12.1 Å². The predicted octanol–water partition coefficient (Wildman–Crippen LogP) is 12.3. The fourth-order valence-corrected chi connectivity index (χ4v) is 6.74. The zero-order chi connectivity index (χ0) is 29.7. The smallest absolute Gasteiger partial charge is 0.144 e. The summed E-state index contributed by atoms with van der Waals surface area (Å²) in [5.41, 5.74) is 11.0. The van der Waals surface area contributed by atoms with E-state index < -0.39 is 0 Å². The van der Waals surface area contributed by atoms with Crippen LogP contribution < -0.4 is 4.90 Å². The lowest BCUT2D eigenvalue weighted by Crippen LogP contribution is -2.09. The Balaban J connectivity index is 1.43. The van der Waals surface area contributed by atoms with Gasteiger partial charge in [0.2, 0.25) is 0 Å². The second-order valence-electron chi connectivity index (χ2n) is 11.3. The quantitative estimate of drug-likeness (QED) is 0.204. The molecule has 0 fully saturated rings. The number of hydrogen-bond acceptors (Lipinski definition) is 3. The monoisotopic (exact) mass is 577 g/mol. The maximum absolute atomic E-state index is 6.95. The van der Waals surface area contributed by atoms with E-state index in [1.165, 1.54) is 0 Å². The van der Waals surface area contributed by atoms with E-state index in [1.54, 1.807) is 0 Å². The van der Waals surface area contributed by atoms with Crippen LogP contribution in [-0.4, -0.2) is 0 Å². The van der Waals surface area contributed by atoms with Crippen molar-refractivity contribution in [3.8, 4) is 22.3 Å². The Kier molecular flexibility index (Phi) is 5.82. The topological polar surface area (TPSA) is 29.5 Å². The maximum Gasteiger partial charge on any atom is 0.144 e. The Hall–Kier alpha value is -6.06. The number of anilines is 3. The largest absolute Gasteiger partial charge is 0.456 e. The Bertz CT molecular complexity index is 2440. The molecular formula is C42H27NO2. The van der Waals surface area contributed by atoms with Gasteiger partial charge >= 0.3 is 0 Å². The third kappa shape index (κ3) is 4.05. The number of para-hydroxylation sites is 3. The van der Waals surface area contributed by atoms with Crippen molar-refractivity contribution >= 4 is 60.9 Å². The average molecular weight is 578 g/mol. The van der Waals surface area contributed by atoms with E-state index in [4.69, 9.17) is 8.83 Å². The van der Waals surface area contributed by atoms with Crippen LogP contribution in [0.25, 0.3) is 66.1 Å². The highest BCUT2D eigenvalue weighted by Crippen LogP contribution is 2.50. The highest BCUT2D eigenvalue weighted by molar-refractivity contribution is 6.26. The van der Waals surface area contributed by atoms with Crippen LogP contribution in [0.5, 0.6) is 0 Å². The van der Waals surface area contributed by atoms with E-state index >= 15 is 0 Å². The van der Waals surface area contributed by atoms with Crippen LogP contribution in [0.3, 0.4) is 0 Å². The van der Waals surface area contributed by atoms with Gasteiger partial charge in [0.25, 0.3) is 0 Å². The Morgan fingerprint density at radius 2 is 1.00 bits per heavy atom. The Morgan fingerprint density at radius 3 is 1.73 bits per heavy atom. The fraction of sp³-hybridized carbons (Fsp3) is 0. The molecule has 7 aromatic carbocycles. The van der Waals surface area contributed by atoms with E-state index in [0.717, 1.165) is 83.2 Å². The van der Waals surface area contributed by atoms with Crippen molar-refractivity contribution < 1.29 is 8.83 Å². The Labute approximate surface area is 260 Å². The molecule has 0 atom stereocenters. The van der Waals surface area contributed by atoms with Gasteiger partial charge in [0.05, 0.1) is 11.1 Å². The molecule has 9 aromatic rings. The second-order valence-corrected chi connectivity index (χ2v) is 11.3. The van der Waals surface area contributed by atoms with Crippen LogP contribution >= 0.6 is 0 Å². The van der Waals surface area contributed by atoms with Gasteiger partial charge < -0.3 is 13.7 Å². The second kappa shape index (κ2) is 10.3. The number of hydrogen-bond donors (Lipinski definition) is 0. The molecule has 0 aliphatic carbocycles. The highest BCUT2D eigenvalue weighted by atomic mass is 16.3. The lowest BCUT2D eigenvalue weighted by atomic mass is 9.90. The minimum Gasteiger partial charge on any atom is -0.456 e. The molecule has 2 heterocycles. The molecule has 3 nitrogen and oxygen atoms in total. The zero-order valence-corrected chi connectivity index (χ0v) is 24.4. The van der Waals surface area contributed by atoms with Gasteiger partial charge in [-0.3, -0.25) is 0 Å². The summed E-state index contributed by atoms with van der Waals surface area (Å²) in [4.78, 5) is 2.30. The molecule has 0 unspecified atom stereocenters. The Morgan fingerprint density at radius 1 is 0.400 bits per heavy atom. The molecule has 3 heteroatoms. The van der Waals surface area contributed by atoms with Gasteiger partial charge in [-0.2, -0.15) is 0 Å². The molecule has 0 spiro atoms. The van der Waals surface area contributed by atoms with Gasteiger partial charge in [-0.25, -0.2) is 0 Å². The van der Waals surface area contributed by atoms with Crippen molar-refractivity contribution in [1.82, 2.24) is 0 Å². The summed E-state index contributed by atoms with van der Waals surface area (Å²) in [5.74, 6) is 0. The molecule has 2 aromatic heterocycles. The highest BCUT2D eigenvalue weighted by Gasteiger charge is 2.25. The third-order valence-corrected chi connectivity index (χ3v) is 8.66. The molecule has 0 radical (unpaired) electrons. The van der Waals surface area contributed by atoms with E-state index in [9.17, 15) is 0 Å². The maximum atomic E-state index is 6.95. The summed E-state index contributed by atoms with van der Waals surface area (Å²) in [6, 6.07) is 56.9. The van der Waals surface area contributed by atoms with Crippen molar-refractivity contribution in [3.63, 3.8) is 0 Å². The number of fused-ring (bicyclic) bond motifs is 6. The van der Waals surface area contributed by atoms with Gasteiger partial charge in [-0.1, -0.05) is 115 Å². The normalized spacial score (nSPS) is 11.6. The molecule has 0 aliphatic heterocycles. The van der Waals surface area contributed by atoms with Crippen LogP contribution in [-0.2, 0) is 0 Å². The minimum absolute atomic E-state index is 0.828. The summed E-state index contributed by atoms with van der Waals surface area (Å²) in [7, 11) is 0. The molecule has 0 saturated heterocycles. The van der Waals surface area contributed by atoms with Crippen LogP contribution in [0.4, 0.5) is 17.1 Å². The first-order chi connectivity index (χ1) is 22.3. The van der Waals surface area contributed by atoms with E-state index in [0.29, 0.717) is 0 Å². The van der Waals surface area contributed by atoms with Gasteiger partial charge in [0.1, 0.15) is 22.3 Å². The molecular weight excluding hydrogens is 550 g/mol. The molecule has 0 N–H and O–H groups in total. The van der Waals surface area contributed by atoms with Crippen molar-refractivity contribution in [2.45, 2.75) is 0 Å². The number of rotatable bonds is 5. The number of benzene rings is 7. The van der Waals surface area contributed by atoms with E-state index in [2.05, 4.69) is 157 Å².